The third-order valence-corrected chi connectivity index (χ3v) is 2.21. The lowest BCUT2D eigenvalue weighted by atomic mass is 10.3. The fourth-order valence-corrected chi connectivity index (χ4v) is 1.36. The molecule has 66 valence electrons. The minimum atomic E-state index is -0.584. The van der Waals surface area contributed by atoms with Crippen LogP contribution in [0.4, 0.5) is 8.78 Å². The first-order valence-electron chi connectivity index (χ1n) is 3.26. The second kappa shape index (κ2) is 3.76. The minimum absolute atomic E-state index is 0.0239. The Morgan fingerprint density at radius 2 is 1.75 bits per heavy atom. The van der Waals surface area contributed by atoms with Crippen LogP contribution >= 0.6 is 11.8 Å². The van der Waals surface area contributed by atoms with E-state index in [1.54, 1.807) is 6.26 Å². The molecule has 0 aliphatic heterocycles. The molecule has 0 heterocycles. The average Bonchev–Trinajstić information content (AvgIpc) is 2.03. The van der Waals surface area contributed by atoms with Crippen molar-refractivity contribution in [1.29, 1.82) is 0 Å². The van der Waals surface area contributed by atoms with Gasteiger partial charge in [0.1, 0.15) is 17.4 Å². The van der Waals surface area contributed by atoms with E-state index in [9.17, 15) is 8.78 Å². The molecular formula is C8H8F2OS. The molecule has 0 radical (unpaired) electrons. The minimum Gasteiger partial charge on any atom is -0.497 e. The van der Waals surface area contributed by atoms with E-state index in [0.717, 1.165) is 23.9 Å². The maximum atomic E-state index is 13.0. The van der Waals surface area contributed by atoms with Gasteiger partial charge < -0.3 is 4.74 Å². The van der Waals surface area contributed by atoms with Gasteiger partial charge in [-0.25, -0.2) is 8.78 Å². The van der Waals surface area contributed by atoms with Crippen molar-refractivity contribution in [1.82, 2.24) is 0 Å². The maximum Gasteiger partial charge on any atom is 0.143 e. The van der Waals surface area contributed by atoms with Crippen molar-refractivity contribution in [3.05, 3.63) is 23.8 Å². The highest BCUT2D eigenvalue weighted by Gasteiger charge is 2.09. The molecule has 1 aromatic carbocycles. The lowest BCUT2D eigenvalue weighted by Crippen LogP contribution is -1.90. The van der Waals surface area contributed by atoms with Crippen LogP contribution in [0.15, 0.2) is 17.0 Å². The summed E-state index contributed by atoms with van der Waals surface area (Å²) in [5.74, 6) is -0.971. The van der Waals surface area contributed by atoms with Gasteiger partial charge in [-0.05, 0) is 6.26 Å². The van der Waals surface area contributed by atoms with Crippen LogP contribution in [-0.4, -0.2) is 13.4 Å². The molecular weight excluding hydrogens is 182 g/mol. The van der Waals surface area contributed by atoms with E-state index >= 15 is 0 Å². The van der Waals surface area contributed by atoms with Crippen LogP contribution in [0.3, 0.4) is 0 Å². The van der Waals surface area contributed by atoms with Gasteiger partial charge in [0.25, 0.3) is 0 Å². The second-order valence-corrected chi connectivity index (χ2v) is 2.94. The third kappa shape index (κ3) is 1.69. The number of rotatable bonds is 2. The molecule has 0 aromatic heterocycles. The van der Waals surface area contributed by atoms with E-state index in [0.29, 0.717) is 0 Å². The Morgan fingerprint density at radius 1 is 1.25 bits per heavy atom. The molecule has 0 aliphatic carbocycles. The van der Waals surface area contributed by atoms with Gasteiger partial charge in [0, 0.05) is 12.1 Å². The third-order valence-electron chi connectivity index (χ3n) is 1.41. The molecule has 0 spiro atoms. The maximum absolute atomic E-state index is 13.0. The van der Waals surface area contributed by atoms with Gasteiger partial charge in [0.2, 0.25) is 0 Å². The number of benzene rings is 1. The molecule has 12 heavy (non-hydrogen) atoms. The number of hydrogen-bond donors (Lipinski definition) is 0. The zero-order valence-electron chi connectivity index (χ0n) is 6.73. The molecule has 0 bridgehead atoms. The normalized spacial score (nSPS) is 10.0. The zero-order chi connectivity index (χ0) is 9.14. The van der Waals surface area contributed by atoms with Crippen molar-refractivity contribution >= 4 is 11.8 Å². The number of thioether (sulfide) groups is 1. The van der Waals surface area contributed by atoms with Crippen LogP contribution in [0.1, 0.15) is 0 Å². The summed E-state index contributed by atoms with van der Waals surface area (Å²) in [6, 6.07) is 2.32. The fourth-order valence-electron chi connectivity index (χ4n) is 0.849. The van der Waals surface area contributed by atoms with E-state index in [-0.39, 0.29) is 10.6 Å². The summed E-state index contributed by atoms with van der Waals surface area (Å²) in [5.41, 5.74) is 0. The first kappa shape index (κ1) is 9.32. The Morgan fingerprint density at radius 3 is 2.08 bits per heavy atom. The van der Waals surface area contributed by atoms with Crippen molar-refractivity contribution in [2.24, 2.45) is 0 Å². The van der Waals surface area contributed by atoms with E-state index in [1.165, 1.54) is 7.11 Å². The van der Waals surface area contributed by atoms with Crippen LogP contribution in [0.25, 0.3) is 0 Å². The van der Waals surface area contributed by atoms with Gasteiger partial charge in [-0.15, -0.1) is 11.8 Å². The topological polar surface area (TPSA) is 9.23 Å². The zero-order valence-corrected chi connectivity index (χ0v) is 7.54. The largest absolute Gasteiger partial charge is 0.497 e. The summed E-state index contributed by atoms with van der Waals surface area (Å²) in [4.78, 5) is 0.0239. The predicted molar refractivity (Wildman–Crippen MR) is 44.7 cm³/mol. The van der Waals surface area contributed by atoms with Crippen LogP contribution in [0.5, 0.6) is 5.75 Å². The van der Waals surface area contributed by atoms with Gasteiger partial charge >= 0.3 is 0 Å². The summed E-state index contributed by atoms with van der Waals surface area (Å²) in [6.07, 6.45) is 1.62. The van der Waals surface area contributed by atoms with Crippen molar-refractivity contribution < 1.29 is 13.5 Å². The summed E-state index contributed by atoms with van der Waals surface area (Å²) in [6.45, 7) is 0. The molecule has 0 atom stereocenters. The van der Waals surface area contributed by atoms with E-state index < -0.39 is 11.6 Å². The van der Waals surface area contributed by atoms with E-state index in [4.69, 9.17) is 0 Å². The standard InChI is InChI=1S/C8H8F2OS/c1-11-5-3-6(9)8(12-2)7(10)4-5/h3-4H,1-2H3. The molecule has 0 fully saturated rings. The molecule has 1 aromatic rings. The summed E-state index contributed by atoms with van der Waals surface area (Å²) < 4.78 is 30.6. The number of hydrogen-bond acceptors (Lipinski definition) is 2. The molecule has 1 rings (SSSR count). The molecule has 0 saturated carbocycles. The highest BCUT2D eigenvalue weighted by atomic mass is 32.2. The van der Waals surface area contributed by atoms with Gasteiger partial charge in [-0.2, -0.15) is 0 Å². The molecule has 1 nitrogen and oxygen atoms in total. The van der Waals surface area contributed by atoms with Gasteiger partial charge in [-0.3, -0.25) is 0 Å². The first-order chi connectivity index (χ1) is 5.69. The highest BCUT2D eigenvalue weighted by molar-refractivity contribution is 7.98. The molecule has 0 saturated heterocycles. The van der Waals surface area contributed by atoms with Crippen molar-refractivity contribution in [2.75, 3.05) is 13.4 Å². The molecule has 0 amide bonds. The Balaban J connectivity index is 3.18. The molecule has 0 aliphatic rings. The van der Waals surface area contributed by atoms with Crippen LogP contribution in [-0.2, 0) is 0 Å². The molecule has 4 heteroatoms. The Bertz CT molecular complexity index is 265. The lowest BCUT2D eigenvalue weighted by molar-refractivity contribution is 0.403. The van der Waals surface area contributed by atoms with Crippen molar-refractivity contribution in [2.45, 2.75) is 4.90 Å². The quantitative estimate of drug-likeness (QED) is 0.663. The number of methoxy groups -OCH3 is 1. The Kier molecular flexibility index (Phi) is 2.92. The van der Waals surface area contributed by atoms with Gasteiger partial charge in [0.15, 0.2) is 0 Å². The SMILES string of the molecule is COc1cc(F)c(SC)c(F)c1. The van der Waals surface area contributed by atoms with Gasteiger partial charge in [-0.1, -0.05) is 0 Å². The number of halogens is 2. The smallest absolute Gasteiger partial charge is 0.143 e. The van der Waals surface area contributed by atoms with Crippen LogP contribution in [0.2, 0.25) is 0 Å². The van der Waals surface area contributed by atoms with E-state index in [2.05, 4.69) is 4.74 Å². The monoisotopic (exact) mass is 190 g/mol. The highest BCUT2D eigenvalue weighted by Crippen LogP contribution is 2.26. The summed E-state index contributed by atoms with van der Waals surface area (Å²) in [5, 5.41) is 0. The van der Waals surface area contributed by atoms with Crippen molar-refractivity contribution in [3.63, 3.8) is 0 Å². The van der Waals surface area contributed by atoms with Crippen molar-refractivity contribution in [3.8, 4) is 5.75 Å². The summed E-state index contributed by atoms with van der Waals surface area (Å²) >= 11 is 1.04. The second-order valence-electron chi connectivity index (χ2n) is 2.12. The molecule has 0 unspecified atom stereocenters. The van der Waals surface area contributed by atoms with E-state index in [1.807, 2.05) is 0 Å². The summed E-state index contributed by atoms with van der Waals surface area (Å²) in [7, 11) is 1.37. The van der Waals surface area contributed by atoms with Crippen LogP contribution in [0, 0.1) is 11.6 Å². The predicted octanol–water partition coefficient (Wildman–Crippen LogP) is 2.70. The fraction of sp³-hybridized carbons (Fsp3) is 0.250. The Hall–Kier alpha value is -0.770. The lowest BCUT2D eigenvalue weighted by Gasteiger charge is -2.04. The first-order valence-corrected chi connectivity index (χ1v) is 4.48. The van der Waals surface area contributed by atoms with Crippen LogP contribution < -0.4 is 4.74 Å². The average molecular weight is 190 g/mol. The molecule has 0 N–H and O–H groups in total. The number of ether oxygens (including phenoxy) is 1. The van der Waals surface area contributed by atoms with Gasteiger partial charge in [0.05, 0.1) is 12.0 Å². The Labute approximate surface area is 73.7 Å².